The molecule has 1 fully saturated rings. The average molecular weight is 305 g/mol. The van der Waals surface area contributed by atoms with Crippen molar-refractivity contribution >= 4 is 0 Å². The SMILES string of the molecule is CC(C)CCC(C)C(C)CCC(C)C#CC1CCC(C)CC1. The lowest BCUT2D eigenvalue weighted by Gasteiger charge is -2.22. The molecule has 0 amide bonds. The van der Waals surface area contributed by atoms with Gasteiger partial charge in [0.15, 0.2) is 0 Å². The van der Waals surface area contributed by atoms with Crippen LogP contribution in [0.4, 0.5) is 0 Å². The van der Waals surface area contributed by atoms with Gasteiger partial charge in [-0.3, -0.25) is 0 Å². The summed E-state index contributed by atoms with van der Waals surface area (Å²) in [5, 5.41) is 0. The molecule has 3 unspecified atom stereocenters. The van der Waals surface area contributed by atoms with Crippen LogP contribution in [0.1, 0.15) is 92.9 Å². The molecule has 0 spiro atoms. The Bertz CT molecular complexity index is 335. The lowest BCUT2D eigenvalue weighted by Crippen LogP contribution is -2.11. The number of hydrogen-bond acceptors (Lipinski definition) is 0. The summed E-state index contributed by atoms with van der Waals surface area (Å²) in [5.74, 6) is 11.9. The van der Waals surface area contributed by atoms with E-state index < -0.39 is 0 Å². The van der Waals surface area contributed by atoms with Crippen molar-refractivity contribution in [2.45, 2.75) is 92.9 Å². The van der Waals surface area contributed by atoms with Crippen LogP contribution < -0.4 is 0 Å². The van der Waals surface area contributed by atoms with E-state index in [4.69, 9.17) is 0 Å². The van der Waals surface area contributed by atoms with Crippen molar-refractivity contribution < 1.29 is 0 Å². The summed E-state index contributed by atoms with van der Waals surface area (Å²) < 4.78 is 0. The first-order chi connectivity index (χ1) is 10.4. The fourth-order valence-electron chi connectivity index (χ4n) is 3.41. The molecule has 0 saturated heterocycles. The molecule has 0 radical (unpaired) electrons. The zero-order valence-corrected chi connectivity index (χ0v) is 16.1. The Kier molecular flexibility index (Phi) is 9.23. The van der Waals surface area contributed by atoms with Crippen LogP contribution in [0.2, 0.25) is 0 Å². The molecule has 0 aliphatic heterocycles. The van der Waals surface area contributed by atoms with Gasteiger partial charge in [0.25, 0.3) is 0 Å². The molecule has 0 bridgehead atoms. The summed E-state index contributed by atoms with van der Waals surface area (Å²) in [7, 11) is 0. The van der Waals surface area contributed by atoms with Crippen molar-refractivity contribution in [3.63, 3.8) is 0 Å². The fourth-order valence-corrected chi connectivity index (χ4v) is 3.41. The molecule has 0 aromatic rings. The standard InChI is InChI=1S/C22H40/c1-17(2)7-12-20(5)21(6)13-8-18(3)9-14-22-15-10-19(4)11-16-22/h17-22H,7-8,10-13,15-16H2,1-6H3. The summed E-state index contributed by atoms with van der Waals surface area (Å²) in [6, 6.07) is 0. The minimum Gasteiger partial charge on any atom is -0.0999 e. The van der Waals surface area contributed by atoms with Gasteiger partial charge in [-0.25, -0.2) is 0 Å². The zero-order valence-electron chi connectivity index (χ0n) is 16.1. The average Bonchev–Trinajstić information content (AvgIpc) is 2.49. The van der Waals surface area contributed by atoms with Gasteiger partial charge in [-0.2, -0.15) is 0 Å². The predicted octanol–water partition coefficient (Wildman–Crippen LogP) is 6.94. The summed E-state index contributed by atoms with van der Waals surface area (Å²) in [5.41, 5.74) is 0. The van der Waals surface area contributed by atoms with Gasteiger partial charge in [0.2, 0.25) is 0 Å². The van der Waals surface area contributed by atoms with Crippen molar-refractivity contribution in [3.8, 4) is 11.8 Å². The third-order valence-corrected chi connectivity index (χ3v) is 5.78. The fraction of sp³-hybridized carbons (Fsp3) is 0.909. The maximum Gasteiger partial charge on any atom is 0.0203 e. The van der Waals surface area contributed by atoms with E-state index in [9.17, 15) is 0 Å². The van der Waals surface area contributed by atoms with Crippen molar-refractivity contribution in [2.24, 2.45) is 35.5 Å². The van der Waals surface area contributed by atoms with Crippen molar-refractivity contribution in [1.82, 2.24) is 0 Å². The second-order valence-electron chi connectivity index (χ2n) is 8.65. The lowest BCUT2D eigenvalue weighted by atomic mass is 9.82. The Morgan fingerprint density at radius 1 is 0.773 bits per heavy atom. The molecule has 0 heterocycles. The smallest absolute Gasteiger partial charge is 0.0203 e. The third kappa shape index (κ3) is 8.26. The second kappa shape index (κ2) is 10.4. The van der Waals surface area contributed by atoms with Gasteiger partial charge in [-0.15, -0.1) is 0 Å². The van der Waals surface area contributed by atoms with E-state index in [2.05, 4.69) is 53.4 Å². The highest BCUT2D eigenvalue weighted by Gasteiger charge is 2.16. The highest BCUT2D eigenvalue weighted by atomic mass is 14.2. The summed E-state index contributed by atoms with van der Waals surface area (Å²) in [6.45, 7) is 14.3. The maximum atomic E-state index is 3.58. The molecule has 0 aromatic carbocycles. The monoisotopic (exact) mass is 304 g/mol. The number of hydrogen-bond donors (Lipinski definition) is 0. The molecule has 0 aromatic heterocycles. The molecule has 1 rings (SSSR count). The van der Waals surface area contributed by atoms with Crippen LogP contribution >= 0.6 is 0 Å². The molecular formula is C22H40. The zero-order chi connectivity index (χ0) is 16.5. The molecular weight excluding hydrogens is 264 g/mol. The van der Waals surface area contributed by atoms with E-state index in [1.165, 1.54) is 51.4 Å². The molecule has 1 aliphatic carbocycles. The Morgan fingerprint density at radius 3 is 1.86 bits per heavy atom. The van der Waals surface area contributed by atoms with Gasteiger partial charge in [0.1, 0.15) is 0 Å². The molecule has 1 saturated carbocycles. The Hall–Kier alpha value is -0.440. The van der Waals surface area contributed by atoms with Crippen LogP contribution in [0.15, 0.2) is 0 Å². The minimum absolute atomic E-state index is 0.582. The third-order valence-electron chi connectivity index (χ3n) is 5.78. The molecule has 3 atom stereocenters. The summed E-state index contributed by atoms with van der Waals surface area (Å²) >= 11 is 0. The van der Waals surface area contributed by atoms with Gasteiger partial charge in [-0.1, -0.05) is 66.2 Å². The van der Waals surface area contributed by atoms with E-state index in [0.29, 0.717) is 11.8 Å². The van der Waals surface area contributed by atoms with Gasteiger partial charge in [-0.05, 0) is 62.2 Å². The minimum atomic E-state index is 0.582. The van der Waals surface area contributed by atoms with Crippen molar-refractivity contribution in [3.05, 3.63) is 0 Å². The van der Waals surface area contributed by atoms with Crippen LogP contribution in [-0.4, -0.2) is 0 Å². The second-order valence-corrected chi connectivity index (χ2v) is 8.65. The Morgan fingerprint density at radius 2 is 1.32 bits per heavy atom. The van der Waals surface area contributed by atoms with Gasteiger partial charge >= 0.3 is 0 Å². The van der Waals surface area contributed by atoms with Gasteiger partial charge in [0.05, 0.1) is 0 Å². The first-order valence-corrected chi connectivity index (χ1v) is 9.89. The van der Waals surface area contributed by atoms with E-state index in [1.54, 1.807) is 0 Å². The molecule has 0 heteroatoms. The van der Waals surface area contributed by atoms with E-state index in [-0.39, 0.29) is 0 Å². The summed E-state index contributed by atoms with van der Waals surface area (Å²) in [4.78, 5) is 0. The van der Waals surface area contributed by atoms with E-state index >= 15 is 0 Å². The quantitative estimate of drug-likeness (QED) is 0.447. The molecule has 0 nitrogen and oxygen atoms in total. The number of rotatable bonds is 7. The normalized spacial score (nSPS) is 26.1. The maximum absolute atomic E-state index is 3.58. The first kappa shape index (κ1) is 19.6. The highest BCUT2D eigenvalue weighted by molar-refractivity contribution is 5.07. The van der Waals surface area contributed by atoms with Crippen molar-refractivity contribution in [1.29, 1.82) is 0 Å². The lowest BCUT2D eigenvalue weighted by molar-refractivity contribution is 0.308. The van der Waals surface area contributed by atoms with Crippen molar-refractivity contribution in [2.75, 3.05) is 0 Å². The van der Waals surface area contributed by atoms with Crippen LogP contribution in [0.25, 0.3) is 0 Å². The summed E-state index contributed by atoms with van der Waals surface area (Å²) in [6.07, 6.45) is 10.8. The van der Waals surface area contributed by atoms with Crippen LogP contribution in [-0.2, 0) is 0 Å². The topological polar surface area (TPSA) is 0 Å². The Balaban J connectivity index is 2.23. The van der Waals surface area contributed by atoms with Crippen LogP contribution in [0, 0.1) is 47.3 Å². The van der Waals surface area contributed by atoms with E-state index in [0.717, 1.165) is 23.7 Å². The Labute approximate surface area is 140 Å². The van der Waals surface area contributed by atoms with E-state index in [1.807, 2.05) is 0 Å². The molecule has 1 aliphatic rings. The molecule has 22 heavy (non-hydrogen) atoms. The van der Waals surface area contributed by atoms with Gasteiger partial charge < -0.3 is 0 Å². The molecule has 0 N–H and O–H groups in total. The largest absolute Gasteiger partial charge is 0.0999 e. The highest BCUT2D eigenvalue weighted by Crippen LogP contribution is 2.28. The van der Waals surface area contributed by atoms with Crippen LogP contribution in [0.3, 0.4) is 0 Å². The van der Waals surface area contributed by atoms with Gasteiger partial charge in [0, 0.05) is 11.8 Å². The predicted molar refractivity (Wildman–Crippen MR) is 99.7 cm³/mol. The van der Waals surface area contributed by atoms with Crippen LogP contribution in [0.5, 0.6) is 0 Å². The molecule has 128 valence electrons. The first-order valence-electron chi connectivity index (χ1n) is 9.89.